The third-order valence-electron chi connectivity index (χ3n) is 3.31. The summed E-state index contributed by atoms with van der Waals surface area (Å²) in [6, 6.07) is 4.37. The van der Waals surface area contributed by atoms with Gasteiger partial charge in [0.1, 0.15) is 0 Å². The maximum absolute atomic E-state index is 6.30. The third-order valence-corrected chi connectivity index (χ3v) is 4.67. The molecule has 4 heteroatoms. The standard InChI is InChI=1S/C14H20ClNOS/c1-11-9-12(10-13(15)14(11)18-2)3-4-16-5-7-17-8-6-16/h9-10H,3-8H2,1-2H3. The van der Waals surface area contributed by atoms with Crippen molar-refractivity contribution in [3.05, 3.63) is 28.3 Å². The maximum atomic E-state index is 6.30. The van der Waals surface area contributed by atoms with Crippen molar-refractivity contribution < 1.29 is 4.74 Å². The Morgan fingerprint density at radius 2 is 2.06 bits per heavy atom. The van der Waals surface area contributed by atoms with Crippen LogP contribution < -0.4 is 0 Å². The van der Waals surface area contributed by atoms with Gasteiger partial charge in [-0.15, -0.1) is 11.8 Å². The molecule has 0 unspecified atom stereocenters. The van der Waals surface area contributed by atoms with E-state index in [0.717, 1.165) is 44.3 Å². The fourth-order valence-electron chi connectivity index (χ4n) is 2.32. The quantitative estimate of drug-likeness (QED) is 0.788. The zero-order chi connectivity index (χ0) is 13.0. The molecular formula is C14H20ClNOS. The fraction of sp³-hybridized carbons (Fsp3) is 0.571. The lowest BCUT2D eigenvalue weighted by atomic mass is 10.1. The summed E-state index contributed by atoms with van der Waals surface area (Å²) >= 11 is 8.02. The highest BCUT2D eigenvalue weighted by atomic mass is 35.5. The summed E-state index contributed by atoms with van der Waals surface area (Å²) in [7, 11) is 0. The molecule has 0 spiro atoms. The van der Waals surface area contributed by atoms with Crippen molar-refractivity contribution in [1.82, 2.24) is 4.90 Å². The van der Waals surface area contributed by atoms with Gasteiger partial charge in [0, 0.05) is 24.5 Å². The normalized spacial score (nSPS) is 17.1. The first-order valence-corrected chi connectivity index (χ1v) is 7.94. The molecule has 1 aromatic carbocycles. The third kappa shape index (κ3) is 3.64. The van der Waals surface area contributed by atoms with Crippen molar-refractivity contribution in [3.8, 4) is 0 Å². The molecule has 100 valence electrons. The molecular weight excluding hydrogens is 266 g/mol. The second kappa shape index (κ2) is 6.80. The van der Waals surface area contributed by atoms with Crippen LogP contribution in [-0.4, -0.2) is 44.0 Å². The van der Waals surface area contributed by atoms with Crippen LogP contribution in [0.1, 0.15) is 11.1 Å². The lowest BCUT2D eigenvalue weighted by molar-refractivity contribution is 0.0384. The molecule has 2 rings (SSSR count). The highest BCUT2D eigenvalue weighted by molar-refractivity contribution is 7.98. The van der Waals surface area contributed by atoms with E-state index in [4.69, 9.17) is 16.3 Å². The molecule has 0 aliphatic carbocycles. The van der Waals surface area contributed by atoms with Crippen LogP contribution in [0.2, 0.25) is 5.02 Å². The summed E-state index contributed by atoms with van der Waals surface area (Å²) in [5.41, 5.74) is 2.62. The first-order chi connectivity index (χ1) is 8.70. The number of hydrogen-bond donors (Lipinski definition) is 0. The molecule has 1 fully saturated rings. The number of morpholine rings is 1. The van der Waals surface area contributed by atoms with Crippen molar-refractivity contribution in [1.29, 1.82) is 0 Å². The Morgan fingerprint density at radius 1 is 1.33 bits per heavy atom. The van der Waals surface area contributed by atoms with Gasteiger partial charge in [0.15, 0.2) is 0 Å². The first kappa shape index (κ1) is 14.2. The number of rotatable bonds is 4. The molecule has 2 nitrogen and oxygen atoms in total. The van der Waals surface area contributed by atoms with Crippen LogP contribution in [0, 0.1) is 6.92 Å². The minimum absolute atomic E-state index is 0.866. The van der Waals surface area contributed by atoms with Crippen LogP contribution in [0.4, 0.5) is 0 Å². The van der Waals surface area contributed by atoms with Gasteiger partial charge in [-0.2, -0.15) is 0 Å². The van der Waals surface area contributed by atoms with E-state index in [0.29, 0.717) is 0 Å². The maximum Gasteiger partial charge on any atom is 0.0594 e. The van der Waals surface area contributed by atoms with Crippen LogP contribution in [-0.2, 0) is 11.2 Å². The number of nitrogens with zero attached hydrogens (tertiary/aromatic N) is 1. The van der Waals surface area contributed by atoms with Crippen LogP contribution in [0.25, 0.3) is 0 Å². The smallest absolute Gasteiger partial charge is 0.0594 e. The Balaban J connectivity index is 1.96. The largest absolute Gasteiger partial charge is 0.379 e. The predicted octanol–water partition coefficient (Wildman–Crippen LogP) is 3.25. The monoisotopic (exact) mass is 285 g/mol. The van der Waals surface area contributed by atoms with Crippen molar-refractivity contribution in [2.24, 2.45) is 0 Å². The van der Waals surface area contributed by atoms with E-state index in [-0.39, 0.29) is 0 Å². The van der Waals surface area contributed by atoms with Crippen LogP contribution in [0.5, 0.6) is 0 Å². The number of benzene rings is 1. The summed E-state index contributed by atoms with van der Waals surface area (Å²) < 4.78 is 5.35. The number of thioether (sulfide) groups is 1. The van der Waals surface area contributed by atoms with Gasteiger partial charge in [-0.3, -0.25) is 4.90 Å². The number of hydrogen-bond acceptors (Lipinski definition) is 3. The first-order valence-electron chi connectivity index (χ1n) is 6.34. The van der Waals surface area contributed by atoms with Crippen LogP contribution >= 0.6 is 23.4 Å². The Labute approximate surface area is 119 Å². The van der Waals surface area contributed by atoms with Gasteiger partial charge >= 0.3 is 0 Å². The molecule has 1 aliphatic heterocycles. The summed E-state index contributed by atoms with van der Waals surface area (Å²) in [4.78, 5) is 3.65. The van der Waals surface area contributed by atoms with Crippen molar-refractivity contribution in [2.75, 3.05) is 39.1 Å². The zero-order valence-electron chi connectivity index (χ0n) is 11.0. The van der Waals surface area contributed by atoms with Crippen molar-refractivity contribution in [2.45, 2.75) is 18.2 Å². The van der Waals surface area contributed by atoms with Gasteiger partial charge in [0.25, 0.3) is 0 Å². The van der Waals surface area contributed by atoms with Crippen molar-refractivity contribution >= 4 is 23.4 Å². The molecule has 18 heavy (non-hydrogen) atoms. The Bertz CT molecular complexity index is 382. The number of ether oxygens (including phenoxy) is 1. The Morgan fingerprint density at radius 3 is 2.67 bits per heavy atom. The van der Waals surface area contributed by atoms with Crippen LogP contribution in [0.3, 0.4) is 0 Å². The van der Waals surface area contributed by atoms with E-state index in [9.17, 15) is 0 Å². The minimum Gasteiger partial charge on any atom is -0.379 e. The topological polar surface area (TPSA) is 12.5 Å². The molecule has 1 saturated heterocycles. The average molecular weight is 286 g/mol. The van der Waals surface area contributed by atoms with E-state index in [1.54, 1.807) is 11.8 Å². The summed E-state index contributed by atoms with van der Waals surface area (Å²) in [5, 5.41) is 0.888. The molecule has 0 saturated carbocycles. The van der Waals surface area contributed by atoms with Gasteiger partial charge < -0.3 is 4.74 Å². The minimum atomic E-state index is 0.866. The second-order valence-electron chi connectivity index (χ2n) is 4.63. The average Bonchev–Trinajstić information content (AvgIpc) is 2.37. The SMILES string of the molecule is CSc1c(C)cc(CCN2CCOCC2)cc1Cl. The molecule has 1 aromatic rings. The van der Waals surface area contributed by atoms with E-state index in [2.05, 4.69) is 30.2 Å². The lowest BCUT2D eigenvalue weighted by Gasteiger charge is -2.26. The second-order valence-corrected chi connectivity index (χ2v) is 5.86. The number of aryl methyl sites for hydroxylation is 1. The highest BCUT2D eigenvalue weighted by Gasteiger charge is 2.11. The molecule has 0 atom stereocenters. The molecule has 1 aliphatic rings. The molecule has 0 bridgehead atoms. The van der Waals surface area contributed by atoms with Gasteiger partial charge in [-0.1, -0.05) is 17.7 Å². The van der Waals surface area contributed by atoms with Crippen LogP contribution in [0.15, 0.2) is 17.0 Å². The molecule has 0 aromatic heterocycles. The Hall–Kier alpha value is -0.220. The zero-order valence-corrected chi connectivity index (χ0v) is 12.6. The Kier molecular flexibility index (Phi) is 5.37. The number of halogens is 1. The lowest BCUT2D eigenvalue weighted by Crippen LogP contribution is -2.37. The van der Waals surface area contributed by atoms with E-state index in [1.807, 2.05) is 0 Å². The molecule has 0 radical (unpaired) electrons. The van der Waals surface area contributed by atoms with Gasteiger partial charge in [0.2, 0.25) is 0 Å². The van der Waals surface area contributed by atoms with Gasteiger partial charge in [-0.25, -0.2) is 0 Å². The fourth-order valence-corrected chi connectivity index (χ4v) is 3.47. The summed E-state index contributed by atoms with van der Waals surface area (Å²) in [6.45, 7) is 7.06. The predicted molar refractivity (Wildman–Crippen MR) is 78.9 cm³/mol. The molecule has 1 heterocycles. The molecule has 0 amide bonds. The van der Waals surface area contributed by atoms with Gasteiger partial charge in [0.05, 0.1) is 18.2 Å². The van der Waals surface area contributed by atoms with E-state index >= 15 is 0 Å². The van der Waals surface area contributed by atoms with E-state index in [1.165, 1.54) is 16.0 Å². The summed E-state index contributed by atoms with van der Waals surface area (Å²) in [5.74, 6) is 0. The van der Waals surface area contributed by atoms with Gasteiger partial charge in [-0.05, 0) is 36.8 Å². The van der Waals surface area contributed by atoms with E-state index < -0.39 is 0 Å². The summed E-state index contributed by atoms with van der Waals surface area (Å²) in [6.07, 6.45) is 3.14. The van der Waals surface area contributed by atoms with Crippen molar-refractivity contribution in [3.63, 3.8) is 0 Å². The highest BCUT2D eigenvalue weighted by Crippen LogP contribution is 2.30. The molecule has 0 N–H and O–H groups in total.